The average molecular weight is 424 g/mol. The average Bonchev–Trinajstić information content (AvgIpc) is 3.21. The van der Waals surface area contributed by atoms with E-state index in [2.05, 4.69) is 0 Å². The van der Waals surface area contributed by atoms with Gasteiger partial charge in [0.1, 0.15) is 22.8 Å². The standard InChI is InChI=1S/C25H29NO5/c1-7-26(8-2)25(27)11-16(3)18-13-20-21(15-31-24(20)14-23(18)30-6)19-12-17(28-4)9-10-22(19)29-5/h9-15H,7-8H2,1-6H3/b16-11+. The molecule has 0 saturated carbocycles. The van der Waals surface area contributed by atoms with Gasteiger partial charge in [0.25, 0.3) is 0 Å². The van der Waals surface area contributed by atoms with E-state index in [1.807, 2.05) is 51.1 Å². The Labute approximate surface area is 183 Å². The zero-order valence-electron chi connectivity index (χ0n) is 18.9. The summed E-state index contributed by atoms with van der Waals surface area (Å²) in [6, 6.07) is 9.48. The van der Waals surface area contributed by atoms with Crippen LogP contribution in [0.3, 0.4) is 0 Å². The van der Waals surface area contributed by atoms with Gasteiger partial charge in [0, 0.05) is 47.3 Å². The van der Waals surface area contributed by atoms with Crippen LogP contribution in [0.4, 0.5) is 0 Å². The molecule has 6 heteroatoms. The van der Waals surface area contributed by atoms with E-state index >= 15 is 0 Å². The summed E-state index contributed by atoms with van der Waals surface area (Å²) < 4.78 is 22.4. The predicted octanol–water partition coefficient (Wildman–Crippen LogP) is 5.40. The highest BCUT2D eigenvalue weighted by Gasteiger charge is 2.18. The molecule has 1 amide bonds. The van der Waals surface area contributed by atoms with E-state index in [0.29, 0.717) is 30.2 Å². The number of rotatable bonds is 8. The SMILES string of the molecule is CCN(CC)C(=O)/C=C(\C)c1cc2c(-c3cc(OC)ccc3OC)coc2cc1OC. The molecule has 0 radical (unpaired) electrons. The molecule has 164 valence electrons. The minimum atomic E-state index is -0.0217. The number of benzene rings is 2. The molecule has 1 aromatic heterocycles. The molecule has 6 nitrogen and oxygen atoms in total. The third-order valence-corrected chi connectivity index (χ3v) is 5.43. The van der Waals surface area contributed by atoms with E-state index in [0.717, 1.165) is 33.4 Å². The lowest BCUT2D eigenvalue weighted by Gasteiger charge is -2.17. The van der Waals surface area contributed by atoms with Crippen LogP contribution in [0.5, 0.6) is 17.2 Å². The lowest BCUT2D eigenvalue weighted by molar-refractivity contribution is -0.125. The van der Waals surface area contributed by atoms with E-state index in [1.165, 1.54) is 0 Å². The number of amides is 1. The normalized spacial score (nSPS) is 11.5. The number of carbonyl (C=O) groups is 1. The number of hydrogen-bond donors (Lipinski definition) is 0. The first-order valence-electron chi connectivity index (χ1n) is 10.3. The molecule has 0 fully saturated rings. The second kappa shape index (κ2) is 9.60. The Hall–Kier alpha value is -3.41. The van der Waals surface area contributed by atoms with Gasteiger partial charge in [-0.15, -0.1) is 0 Å². The van der Waals surface area contributed by atoms with E-state index in [-0.39, 0.29) is 5.91 Å². The van der Waals surface area contributed by atoms with Crippen molar-refractivity contribution in [1.29, 1.82) is 0 Å². The summed E-state index contributed by atoms with van der Waals surface area (Å²) in [4.78, 5) is 14.4. The summed E-state index contributed by atoms with van der Waals surface area (Å²) in [5, 5.41) is 0.894. The Morgan fingerprint density at radius 3 is 2.29 bits per heavy atom. The maximum atomic E-state index is 12.6. The first-order valence-corrected chi connectivity index (χ1v) is 10.3. The van der Waals surface area contributed by atoms with Crippen molar-refractivity contribution in [2.45, 2.75) is 20.8 Å². The smallest absolute Gasteiger partial charge is 0.246 e. The second-order valence-electron chi connectivity index (χ2n) is 7.10. The molecule has 0 aliphatic carbocycles. The molecule has 0 bridgehead atoms. The first-order chi connectivity index (χ1) is 15.0. The molecule has 0 unspecified atom stereocenters. The molecule has 0 saturated heterocycles. The Kier molecular flexibility index (Phi) is 6.90. The zero-order valence-corrected chi connectivity index (χ0v) is 18.9. The lowest BCUT2D eigenvalue weighted by atomic mass is 9.98. The molecule has 3 aromatic rings. The molecule has 31 heavy (non-hydrogen) atoms. The van der Waals surface area contributed by atoms with Gasteiger partial charge in [0.2, 0.25) is 5.91 Å². The van der Waals surface area contributed by atoms with Gasteiger partial charge in [-0.25, -0.2) is 0 Å². The summed E-state index contributed by atoms with van der Waals surface area (Å²) in [6.07, 6.45) is 3.36. The van der Waals surface area contributed by atoms with Crippen molar-refractivity contribution in [3.63, 3.8) is 0 Å². The van der Waals surface area contributed by atoms with Gasteiger partial charge >= 0.3 is 0 Å². The highest BCUT2D eigenvalue weighted by molar-refractivity contribution is 6.01. The molecular formula is C25H29NO5. The summed E-state index contributed by atoms with van der Waals surface area (Å²) in [5.74, 6) is 2.06. The van der Waals surface area contributed by atoms with Crippen molar-refractivity contribution in [2.75, 3.05) is 34.4 Å². The molecular weight excluding hydrogens is 394 g/mol. The number of allylic oxidation sites excluding steroid dienone is 1. The number of fused-ring (bicyclic) bond motifs is 1. The molecule has 3 rings (SSSR count). The molecule has 0 aliphatic rings. The van der Waals surface area contributed by atoms with Crippen LogP contribution >= 0.6 is 0 Å². The van der Waals surface area contributed by atoms with Crippen LogP contribution in [0.2, 0.25) is 0 Å². The number of carbonyl (C=O) groups excluding carboxylic acids is 1. The molecule has 0 aliphatic heterocycles. The van der Waals surface area contributed by atoms with E-state index < -0.39 is 0 Å². The third-order valence-electron chi connectivity index (χ3n) is 5.43. The molecule has 0 N–H and O–H groups in total. The number of hydrogen-bond acceptors (Lipinski definition) is 5. The minimum absolute atomic E-state index is 0.0217. The van der Waals surface area contributed by atoms with Crippen LogP contribution in [0.1, 0.15) is 26.3 Å². The number of nitrogens with zero attached hydrogens (tertiary/aromatic N) is 1. The first kappa shape index (κ1) is 22.3. The Morgan fingerprint density at radius 1 is 0.968 bits per heavy atom. The van der Waals surface area contributed by atoms with Gasteiger partial charge < -0.3 is 23.5 Å². The van der Waals surface area contributed by atoms with Crippen molar-refractivity contribution in [3.8, 4) is 28.4 Å². The maximum absolute atomic E-state index is 12.6. The molecule has 0 atom stereocenters. The zero-order chi connectivity index (χ0) is 22.5. The van der Waals surface area contributed by atoms with Crippen molar-refractivity contribution >= 4 is 22.4 Å². The van der Waals surface area contributed by atoms with Gasteiger partial charge in [-0.3, -0.25) is 4.79 Å². The fraction of sp³-hybridized carbons (Fsp3) is 0.320. The van der Waals surface area contributed by atoms with Crippen LogP contribution < -0.4 is 14.2 Å². The van der Waals surface area contributed by atoms with Crippen molar-refractivity contribution in [3.05, 3.63) is 48.2 Å². The number of methoxy groups -OCH3 is 3. The quantitative estimate of drug-likeness (QED) is 0.454. The molecule has 1 heterocycles. The highest BCUT2D eigenvalue weighted by atomic mass is 16.5. The largest absolute Gasteiger partial charge is 0.497 e. The Bertz CT molecular complexity index is 1110. The van der Waals surface area contributed by atoms with E-state index in [4.69, 9.17) is 18.6 Å². The monoisotopic (exact) mass is 423 g/mol. The van der Waals surface area contributed by atoms with Gasteiger partial charge in [0.05, 0.1) is 27.6 Å². The number of likely N-dealkylation sites (N-methyl/N-ethyl adjacent to an activating group) is 1. The van der Waals surface area contributed by atoms with E-state index in [9.17, 15) is 4.79 Å². The maximum Gasteiger partial charge on any atom is 0.246 e. The predicted molar refractivity (Wildman–Crippen MR) is 123 cm³/mol. The Morgan fingerprint density at radius 2 is 1.68 bits per heavy atom. The van der Waals surface area contributed by atoms with Gasteiger partial charge in [-0.2, -0.15) is 0 Å². The summed E-state index contributed by atoms with van der Waals surface area (Å²) in [5.41, 5.74) is 4.07. The third kappa shape index (κ3) is 4.38. The van der Waals surface area contributed by atoms with Gasteiger partial charge in [-0.05, 0) is 50.6 Å². The van der Waals surface area contributed by atoms with Crippen molar-refractivity contribution in [1.82, 2.24) is 4.90 Å². The van der Waals surface area contributed by atoms with Crippen LogP contribution in [-0.4, -0.2) is 45.2 Å². The topological polar surface area (TPSA) is 61.1 Å². The van der Waals surface area contributed by atoms with Crippen LogP contribution in [0.25, 0.3) is 27.7 Å². The van der Waals surface area contributed by atoms with Crippen LogP contribution in [0.15, 0.2) is 47.1 Å². The number of furan rings is 1. The van der Waals surface area contributed by atoms with E-state index in [1.54, 1.807) is 38.6 Å². The van der Waals surface area contributed by atoms with Crippen molar-refractivity contribution in [2.24, 2.45) is 0 Å². The summed E-state index contributed by atoms with van der Waals surface area (Å²) in [6.45, 7) is 7.18. The fourth-order valence-corrected chi connectivity index (χ4v) is 3.65. The van der Waals surface area contributed by atoms with Gasteiger partial charge in [0.15, 0.2) is 0 Å². The van der Waals surface area contributed by atoms with Gasteiger partial charge in [-0.1, -0.05) is 0 Å². The Balaban J connectivity index is 2.17. The van der Waals surface area contributed by atoms with Crippen LogP contribution in [-0.2, 0) is 4.79 Å². The molecule has 2 aromatic carbocycles. The lowest BCUT2D eigenvalue weighted by Crippen LogP contribution is -2.28. The van der Waals surface area contributed by atoms with Crippen LogP contribution in [0, 0.1) is 0 Å². The minimum Gasteiger partial charge on any atom is -0.497 e. The summed E-state index contributed by atoms with van der Waals surface area (Å²) in [7, 11) is 4.87. The number of ether oxygens (including phenoxy) is 3. The summed E-state index contributed by atoms with van der Waals surface area (Å²) >= 11 is 0. The second-order valence-corrected chi connectivity index (χ2v) is 7.10. The highest BCUT2D eigenvalue weighted by Crippen LogP contribution is 2.41. The van der Waals surface area contributed by atoms with Crippen molar-refractivity contribution < 1.29 is 23.4 Å². The molecule has 0 spiro atoms. The fourth-order valence-electron chi connectivity index (χ4n) is 3.65.